The molecule has 6 nitrogen and oxygen atoms in total. The van der Waals surface area contributed by atoms with Gasteiger partial charge < -0.3 is 5.32 Å². The van der Waals surface area contributed by atoms with Gasteiger partial charge in [-0.25, -0.2) is 18.1 Å². The Balaban J connectivity index is 2.98. The number of sulfonamides is 1. The minimum absolute atomic E-state index is 0.148. The summed E-state index contributed by atoms with van der Waals surface area (Å²) in [6.45, 7) is 5.21. The first-order valence-electron chi connectivity index (χ1n) is 5.11. The van der Waals surface area contributed by atoms with Crippen molar-refractivity contribution in [3.05, 3.63) is 5.69 Å². The fourth-order valence-electron chi connectivity index (χ4n) is 1.14. The number of carbonyl (C=O) groups excluding carboxylic acids is 1. The van der Waals surface area contributed by atoms with Crippen LogP contribution in [-0.4, -0.2) is 25.9 Å². The van der Waals surface area contributed by atoms with Crippen LogP contribution in [-0.2, 0) is 14.8 Å². The van der Waals surface area contributed by atoms with Gasteiger partial charge in [0.25, 0.3) is 10.0 Å². The highest BCUT2D eigenvalue weighted by Gasteiger charge is 2.21. The van der Waals surface area contributed by atoms with E-state index in [1.807, 2.05) is 6.92 Å². The van der Waals surface area contributed by atoms with Gasteiger partial charge in [0.15, 0.2) is 9.34 Å². The lowest BCUT2D eigenvalue weighted by Crippen LogP contribution is -2.24. The first-order valence-corrected chi connectivity index (χ1v) is 7.41. The van der Waals surface area contributed by atoms with Crippen molar-refractivity contribution in [3.8, 4) is 0 Å². The van der Waals surface area contributed by atoms with Crippen molar-refractivity contribution in [1.82, 2.24) is 9.71 Å². The van der Waals surface area contributed by atoms with Crippen LogP contribution in [0.3, 0.4) is 0 Å². The topological polar surface area (TPSA) is 88.2 Å². The molecule has 0 aliphatic rings. The van der Waals surface area contributed by atoms with Crippen LogP contribution in [0, 0.1) is 6.92 Å². The molecule has 0 aliphatic carbocycles. The van der Waals surface area contributed by atoms with E-state index in [2.05, 4.69) is 15.0 Å². The summed E-state index contributed by atoms with van der Waals surface area (Å²) >= 11 is 0.952. The lowest BCUT2D eigenvalue weighted by Gasteiger charge is -2.02. The Morgan fingerprint density at radius 2 is 2.12 bits per heavy atom. The van der Waals surface area contributed by atoms with E-state index in [0.29, 0.717) is 17.4 Å². The van der Waals surface area contributed by atoms with Gasteiger partial charge in [-0.15, -0.1) is 0 Å². The van der Waals surface area contributed by atoms with Crippen LogP contribution in [0.5, 0.6) is 0 Å². The maximum Gasteiger partial charge on any atom is 0.252 e. The van der Waals surface area contributed by atoms with Gasteiger partial charge in [-0.05, 0) is 13.3 Å². The van der Waals surface area contributed by atoms with E-state index in [1.165, 1.54) is 6.92 Å². The molecule has 0 fully saturated rings. The van der Waals surface area contributed by atoms with E-state index in [4.69, 9.17) is 0 Å². The summed E-state index contributed by atoms with van der Waals surface area (Å²) in [5.41, 5.74) is 0.391. The molecule has 17 heavy (non-hydrogen) atoms. The fraction of sp³-hybridized carbons (Fsp3) is 0.556. The van der Waals surface area contributed by atoms with E-state index < -0.39 is 10.0 Å². The van der Waals surface area contributed by atoms with Crippen LogP contribution >= 0.6 is 11.3 Å². The van der Waals surface area contributed by atoms with Crippen LogP contribution in [0.25, 0.3) is 0 Å². The molecule has 96 valence electrons. The normalized spacial score (nSPS) is 11.5. The predicted molar refractivity (Wildman–Crippen MR) is 66.6 cm³/mol. The third-order valence-corrected chi connectivity index (χ3v) is 4.97. The number of nitrogens with one attached hydrogen (secondary N) is 2. The highest BCUT2D eigenvalue weighted by molar-refractivity contribution is 7.91. The van der Waals surface area contributed by atoms with E-state index in [1.54, 1.807) is 6.92 Å². The van der Waals surface area contributed by atoms with Crippen molar-refractivity contribution < 1.29 is 13.2 Å². The Bertz CT molecular complexity index is 508. The fourth-order valence-corrected chi connectivity index (χ4v) is 3.77. The molecule has 1 heterocycles. The van der Waals surface area contributed by atoms with Crippen molar-refractivity contribution in [2.24, 2.45) is 0 Å². The number of aryl methyl sites for hydroxylation is 1. The summed E-state index contributed by atoms with van der Waals surface area (Å²) in [6.07, 6.45) is 0.718. The number of hydrogen-bond donors (Lipinski definition) is 2. The summed E-state index contributed by atoms with van der Waals surface area (Å²) in [6, 6.07) is 0. The SMILES string of the molecule is CCCNS(=O)(=O)c1sc(NC(C)=O)nc1C. The molecule has 0 saturated carbocycles. The van der Waals surface area contributed by atoms with Crippen LogP contribution in [0.4, 0.5) is 5.13 Å². The Morgan fingerprint density at radius 3 is 2.65 bits per heavy atom. The molecule has 0 bridgehead atoms. The number of hydrogen-bond acceptors (Lipinski definition) is 5. The third kappa shape index (κ3) is 3.76. The summed E-state index contributed by atoms with van der Waals surface area (Å²) in [4.78, 5) is 14.8. The van der Waals surface area contributed by atoms with Gasteiger partial charge in [-0.2, -0.15) is 0 Å². The Kier molecular flexibility index (Phi) is 4.61. The van der Waals surface area contributed by atoms with Crippen molar-refractivity contribution >= 4 is 32.4 Å². The van der Waals surface area contributed by atoms with Gasteiger partial charge in [0.2, 0.25) is 5.91 Å². The number of carbonyl (C=O) groups is 1. The molecule has 1 rings (SSSR count). The maximum atomic E-state index is 11.9. The molecule has 0 aliphatic heterocycles. The minimum Gasteiger partial charge on any atom is -0.302 e. The molecule has 0 saturated heterocycles. The quantitative estimate of drug-likeness (QED) is 0.843. The molecule has 0 atom stereocenters. The maximum absolute atomic E-state index is 11.9. The molecule has 0 radical (unpaired) electrons. The van der Waals surface area contributed by atoms with Gasteiger partial charge in [0.05, 0.1) is 5.69 Å². The van der Waals surface area contributed by atoms with E-state index >= 15 is 0 Å². The Hall–Kier alpha value is -0.990. The summed E-state index contributed by atoms with van der Waals surface area (Å²) in [5, 5.41) is 2.77. The van der Waals surface area contributed by atoms with Crippen molar-refractivity contribution in [2.45, 2.75) is 31.4 Å². The molecule has 1 aromatic rings. The molecule has 8 heteroatoms. The van der Waals surface area contributed by atoms with Crippen molar-refractivity contribution in [1.29, 1.82) is 0 Å². The number of nitrogens with zero attached hydrogens (tertiary/aromatic N) is 1. The zero-order valence-electron chi connectivity index (χ0n) is 9.90. The highest BCUT2D eigenvalue weighted by atomic mass is 32.2. The second kappa shape index (κ2) is 5.56. The molecule has 1 aromatic heterocycles. The standard InChI is InChI=1S/C9H15N3O3S2/c1-4-5-10-17(14,15)8-6(2)11-9(16-8)12-7(3)13/h10H,4-5H2,1-3H3,(H,11,12,13). The second-order valence-electron chi connectivity index (χ2n) is 3.47. The Labute approximate surface area is 105 Å². The largest absolute Gasteiger partial charge is 0.302 e. The number of amides is 1. The zero-order chi connectivity index (χ0) is 13.1. The van der Waals surface area contributed by atoms with E-state index in [-0.39, 0.29) is 10.1 Å². The van der Waals surface area contributed by atoms with Crippen molar-refractivity contribution in [3.63, 3.8) is 0 Å². The minimum atomic E-state index is -3.51. The van der Waals surface area contributed by atoms with Crippen LogP contribution in [0.15, 0.2) is 4.21 Å². The summed E-state index contributed by atoms with van der Waals surface area (Å²) < 4.78 is 26.3. The number of aromatic nitrogens is 1. The van der Waals surface area contributed by atoms with Gasteiger partial charge >= 0.3 is 0 Å². The van der Waals surface area contributed by atoms with Gasteiger partial charge in [0.1, 0.15) is 0 Å². The van der Waals surface area contributed by atoms with Crippen LogP contribution in [0.1, 0.15) is 26.0 Å². The van der Waals surface area contributed by atoms with Gasteiger partial charge in [-0.1, -0.05) is 18.3 Å². The van der Waals surface area contributed by atoms with Crippen LogP contribution in [0.2, 0.25) is 0 Å². The smallest absolute Gasteiger partial charge is 0.252 e. The first kappa shape index (κ1) is 14.1. The lowest BCUT2D eigenvalue weighted by atomic mass is 10.5. The predicted octanol–water partition coefficient (Wildman–Crippen LogP) is 1.10. The average Bonchev–Trinajstić information content (AvgIpc) is 2.56. The number of rotatable bonds is 5. The van der Waals surface area contributed by atoms with Gasteiger partial charge in [-0.3, -0.25) is 4.79 Å². The molecular formula is C9H15N3O3S2. The first-order chi connectivity index (χ1) is 7.86. The van der Waals surface area contributed by atoms with Crippen LogP contribution < -0.4 is 10.0 Å². The monoisotopic (exact) mass is 277 g/mol. The molecule has 2 N–H and O–H groups in total. The molecule has 0 unspecified atom stereocenters. The van der Waals surface area contributed by atoms with Crippen molar-refractivity contribution in [2.75, 3.05) is 11.9 Å². The molecule has 0 spiro atoms. The summed E-state index contributed by atoms with van der Waals surface area (Å²) in [7, 11) is -3.51. The lowest BCUT2D eigenvalue weighted by molar-refractivity contribution is -0.114. The zero-order valence-corrected chi connectivity index (χ0v) is 11.5. The molecule has 0 aromatic carbocycles. The van der Waals surface area contributed by atoms with E-state index in [9.17, 15) is 13.2 Å². The molecular weight excluding hydrogens is 262 g/mol. The third-order valence-electron chi connectivity index (χ3n) is 1.82. The number of anilines is 1. The number of thiazole rings is 1. The molecule has 1 amide bonds. The summed E-state index contributed by atoms with van der Waals surface area (Å²) in [5.74, 6) is -0.274. The van der Waals surface area contributed by atoms with E-state index in [0.717, 1.165) is 17.8 Å². The Morgan fingerprint density at radius 1 is 1.47 bits per heavy atom. The second-order valence-corrected chi connectivity index (χ2v) is 6.43. The highest BCUT2D eigenvalue weighted by Crippen LogP contribution is 2.26. The average molecular weight is 277 g/mol. The van der Waals surface area contributed by atoms with Gasteiger partial charge in [0, 0.05) is 13.5 Å².